The molecule has 17 heavy (non-hydrogen) atoms. The fraction of sp³-hybridized carbons (Fsp3) is 1.00. The number of rotatable bonds is 12. The van der Waals surface area contributed by atoms with E-state index in [9.17, 15) is 0 Å². The molecule has 0 spiro atoms. The summed E-state index contributed by atoms with van der Waals surface area (Å²) < 4.78 is 11.2. The Bertz CT molecular complexity index is 139. The van der Waals surface area contributed by atoms with Gasteiger partial charge < -0.3 is 9.47 Å². The van der Waals surface area contributed by atoms with E-state index in [0.29, 0.717) is 0 Å². The molecule has 0 bridgehead atoms. The first kappa shape index (κ1) is 16.9. The second-order valence-corrected chi connectivity index (χ2v) is 4.35. The molecular formula is C14H31NO2. The number of unbranched alkanes of at least 4 members (excludes halogenated alkanes) is 2. The quantitative estimate of drug-likeness (QED) is 0.492. The third kappa shape index (κ3) is 9.57. The van der Waals surface area contributed by atoms with E-state index in [-0.39, 0.29) is 6.29 Å². The van der Waals surface area contributed by atoms with Crippen LogP contribution in [-0.4, -0.2) is 44.0 Å². The van der Waals surface area contributed by atoms with Gasteiger partial charge in [-0.3, -0.25) is 4.90 Å². The van der Waals surface area contributed by atoms with Crippen molar-refractivity contribution in [1.29, 1.82) is 0 Å². The Morgan fingerprint density at radius 1 is 0.824 bits per heavy atom. The van der Waals surface area contributed by atoms with Gasteiger partial charge >= 0.3 is 0 Å². The first-order chi connectivity index (χ1) is 8.28. The molecule has 0 saturated carbocycles. The summed E-state index contributed by atoms with van der Waals surface area (Å²) in [5.41, 5.74) is 0. The van der Waals surface area contributed by atoms with Gasteiger partial charge in [0.05, 0.1) is 0 Å². The topological polar surface area (TPSA) is 21.7 Å². The van der Waals surface area contributed by atoms with E-state index in [1.807, 2.05) is 13.8 Å². The smallest absolute Gasteiger partial charge is 0.170 e. The molecule has 0 aromatic rings. The summed E-state index contributed by atoms with van der Waals surface area (Å²) in [6.07, 6.45) is 4.95. The van der Waals surface area contributed by atoms with E-state index >= 15 is 0 Å². The van der Waals surface area contributed by atoms with E-state index in [2.05, 4.69) is 18.7 Å². The minimum Gasteiger partial charge on any atom is -0.352 e. The lowest BCUT2D eigenvalue weighted by atomic mass is 10.2. The van der Waals surface area contributed by atoms with Crippen LogP contribution in [0, 0.1) is 0 Å². The van der Waals surface area contributed by atoms with Gasteiger partial charge in [0.25, 0.3) is 0 Å². The molecule has 0 aromatic carbocycles. The summed E-state index contributed by atoms with van der Waals surface area (Å²) in [4.78, 5) is 2.48. The van der Waals surface area contributed by atoms with Crippen molar-refractivity contribution in [3.05, 3.63) is 0 Å². The van der Waals surface area contributed by atoms with Gasteiger partial charge in [-0.15, -0.1) is 0 Å². The number of nitrogens with zero attached hydrogens (tertiary/aromatic N) is 1. The fourth-order valence-electron chi connectivity index (χ4n) is 1.79. The molecule has 0 rings (SSSR count). The van der Waals surface area contributed by atoms with Crippen LogP contribution in [0.25, 0.3) is 0 Å². The SMILES string of the molecule is CCCCN(CCCC)CC(OCC)OCC. The van der Waals surface area contributed by atoms with Crippen molar-refractivity contribution in [2.75, 3.05) is 32.8 Å². The van der Waals surface area contributed by atoms with E-state index in [4.69, 9.17) is 9.47 Å². The van der Waals surface area contributed by atoms with Crippen molar-refractivity contribution in [2.45, 2.75) is 59.7 Å². The Labute approximate surface area is 107 Å². The van der Waals surface area contributed by atoms with Crippen LogP contribution in [0.2, 0.25) is 0 Å². The Kier molecular flexibility index (Phi) is 12.3. The average Bonchev–Trinajstić information content (AvgIpc) is 2.33. The molecule has 0 heterocycles. The molecule has 3 heteroatoms. The second kappa shape index (κ2) is 12.3. The highest BCUT2D eigenvalue weighted by atomic mass is 16.7. The maximum Gasteiger partial charge on any atom is 0.170 e. The molecule has 0 N–H and O–H groups in total. The maximum atomic E-state index is 5.61. The van der Waals surface area contributed by atoms with Gasteiger partial charge in [0, 0.05) is 19.8 Å². The van der Waals surface area contributed by atoms with Crippen LogP contribution in [0.1, 0.15) is 53.4 Å². The summed E-state index contributed by atoms with van der Waals surface area (Å²) in [6.45, 7) is 13.2. The second-order valence-electron chi connectivity index (χ2n) is 4.35. The largest absolute Gasteiger partial charge is 0.352 e. The summed E-state index contributed by atoms with van der Waals surface area (Å²) in [5, 5.41) is 0. The highest BCUT2D eigenvalue weighted by molar-refractivity contribution is 4.60. The Balaban J connectivity index is 4.04. The van der Waals surface area contributed by atoms with Crippen LogP contribution in [0.4, 0.5) is 0 Å². The lowest BCUT2D eigenvalue weighted by Gasteiger charge is -2.27. The molecule has 0 fully saturated rings. The number of hydrogen-bond donors (Lipinski definition) is 0. The molecular weight excluding hydrogens is 214 g/mol. The van der Waals surface area contributed by atoms with Gasteiger partial charge in [0.15, 0.2) is 6.29 Å². The summed E-state index contributed by atoms with van der Waals surface area (Å²) >= 11 is 0. The highest BCUT2D eigenvalue weighted by Gasteiger charge is 2.13. The normalized spacial score (nSPS) is 11.6. The molecule has 0 aromatic heterocycles. The summed E-state index contributed by atoms with van der Waals surface area (Å²) in [5.74, 6) is 0. The zero-order chi connectivity index (χ0) is 12.9. The van der Waals surface area contributed by atoms with Crippen molar-refractivity contribution in [3.63, 3.8) is 0 Å². The van der Waals surface area contributed by atoms with Crippen LogP contribution in [0.5, 0.6) is 0 Å². The lowest BCUT2D eigenvalue weighted by Crippen LogP contribution is -2.37. The van der Waals surface area contributed by atoms with Crippen molar-refractivity contribution >= 4 is 0 Å². The monoisotopic (exact) mass is 245 g/mol. The van der Waals surface area contributed by atoms with Crippen molar-refractivity contribution in [1.82, 2.24) is 4.90 Å². The molecule has 0 amide bonds. The van der Waals surface area contributed by atoms with Crippen molar-refractivity contribution < 1.29 is 9.47 Å². The first-order valence-electron chi connectivity index (χ1n) is 7.23. The van der Waals surface area contributed by atoms with Crippen LogP contribution in [0.3, 0.4) is 0 Å². The maximum absolute atomic E-state index is 5.61. The minimum atomic E-state index is -0.0567. The van der Waals surface area contributed by atoms with Gasteiger partial charge in [-0.2, -0.15) is 0 Å². The van der Waals surface area contributed by atoms with Crippen molar-refractivity contribution in [2.24, 2.45) is 0 Å². The van der Waals surface area contributed by atoms with Gasteiger partial charge in [0.1, 0.15) is 0 Å². The summed E-state index contributed by atoms with van der Waals surface area (Å²) in [6, 6.07) is 0. The third-order valence-corrected chi connectivity index (χ3v) is 2.77. The molecule has 0 aliphatic heterocycles. The standard InChI is InChI=1S/C14H31NO2/c1-5-9-11-15(12-10-6-2)13-14(16-7-3)17-8-4/h14H,5-13H2,1-4H3. The van der Waals surface area contributed by atoms with E-state index < -0.39 is 0 Å². The molecule has 104 valence electrons. The van der Waals surface area contributed by atoms with Crippen molar-refractivity contribution in [3.8, 4) is 0 Å². The van der Waals surface area contributed by atoms with Gasteiger partial charge in [0.2, 0.25) is 0 Å². The molecule has 0 atom stereocenters. The first-order valence-corrected chi connectivity index (χ1v) is 7.23. The van der Waals surface area contributed by atoms with Crippen LogP contribution in [0.15, 0.2) is 0 Å². The fourth-order valence-corrected chi connectivity index (χ4v) is 1.79. The predicted molar refractivity (Wildman–Crippen MR) is 73.3 cm³/mol. The predicted octanol–water partition coefficient (Wildman–Crippen LogP) is 3.29. The van der Waals surface area contributed by atoms with Gasteiger partial charge in [-0.05, 0) is 39.8 Å². The minimum absolute atomic E-state index is 0.0567. The molecule has 0 aliphatic rings. The van der Waals surface area contributed by atoms with Gasteiger partial charge in [-0.25, -0.2) is 0 Å². The zero-order valence-electron chi connectivity index (χ0n) is 12.2. The molecule has 0 unspecified atom stereocenters. The zero-order valence-corrected chi connectivity index (χ0v) is 12.2. The van der Waals surface area contributed by atoms with E-state index in [1.165, 1.54) is 25.7 Å². The Hall–Kier alpha value is -0.120. The van der Waals surface area contributed by atoms with Crippen LogP contribution in [-0.2, 0) is 9.47 Å². The third-order valence-electron chi connectivity index (χ3n) is 2.77. The van der Waals surface area contributed by atoms with Crippen LogP contribution >= 0.6 is 0 Å². The van der Waals surface area contributed by atoms with Gasteiger partial charge in [-0.1, -0.05) is 26.7 Å². The molecule has 0 saturated heterocycles. The highest BCUT2D eigenvalue weighted by Crippen LogP contribution is 2.04. The molecule has 0 radical (unpaired) electrons. The molecule has 3 nitrogen and oxygen atoms in total. The lowest BCUT2D eigenvalue weighted by molar-refractivity contribution is -0.147. The summed E-state index contributed by atoms with van der Waals surface area (Å²) in [7, 11) is 0. The van der Waals surface area contributed by atoms with Crippen LogP contribution < -0.4 is 0 Å². The Morgan fingerprint density at radius 3 is 1.65 bits per heavy atom. The Morgan fingerprint density at radius 2 is 1.29 bits per heavy atom. The van der Waals surface area contributed by atoms with E-state index in [1.54, 1.807) is 0 Å². The number of ether oxygens (including phenoxy) is 2. The average molecular weight is 245 g/mol. The number of hydrogen-bond acceptors (Lipinski definition) is 3. The van der Waals surface area contributed by atoms with E-state index in [0.717, 1.165) is 32.8 Å². The molecule has 0 aliphatic carbocycles.